The van der Waals surface area contributed by atoms with Gasteiger partial charge in [0.15, 0.2) is 5.69 Å². The minimum absolute atomic E-state index is 0.00733. The van der Waals surface area contributed by atoms with Crippen molar-refractivity contribution in [1.82, 2.24) is 10.3 Å². The Labute approximate surface area is 213 Å². The summed E-state index contributed by atoms with van der Waals surface area (Å²) in [5.41, 5.74) is -3.76. The van der Waals surface area contributed by atoms with Gasteiger partial charge in [0.25, 0.3) is 0 Å². The smallest absolute Gasteiger partial charge is 0.355 e. The van der Waals surface area contributed by atoms with Crippen molar-refractivity contribution in [2.45, 2.75) is 30.7 Å². The molecule has 4 nitrogen and oxygen atoms in total. The maximum Gasteiger partial charge on any atom is 0.433 e. The molecule has 13 heteroatoms. The number of nitrogens with zero attached hydrogens (tertiary/aromatic N) is 2. The first kappa shape index (κ1) is 27.1. The number of nitrogens with one attached hydrogen (secondary N) is 1. The highest BCUT2D eigenvalue weighted by atomic mass is 79.9. The molecule has 1 aliphatic heterocycles. The molecular weight excluding hydrogens is 616 g/mol. The van der Waals surface area contributed by atoms with E-state index < -0.39 is 35.9 Å². The van der Waals surface area contributed by atoms with E-state index >= 15 is 0 Å². The molecule has 0 bridgehead atoms. The van der Waals surface area contributed by atoms with Crippen LogP contribution in [0.3, 0.4) is 0 Å². The molecule has 3 rings (SSSR count). The Morgan fingerprint density at radius 1 is 1.15 bits per heavy atom. The summed E-state index contributed by atoms with van der Waals surface area (Å²) in [4.78, 5) is 16.5. The fourth-order valence-corrected chi connectivity index (χ4v) is 5.54. The molecule has 2 heterocycles. The number of amides is 1. The number of pyridine rings is 1. The molecule has 1 atom stereocenters. The molecule has 0 radical (unpaired) electrons. The number of aromatic nitrogens is 1. The normalized spacial score (nSPS) is 18.9. The van der Waals surface area contributed by atoms with E-state index in [1.807, 2.05) is 0 Å². The summed E-state index contributed by atoms with van der Waals surface area (Å²) in [5, 5.41) is 2.40. The van der Waals surface area contributed by atoms with Crippen LogP contribution in [0.2, 0.25) is 0 Å². The summed E-state index contributed by atoms with van der Waals surface area (Å²) < 4.78 is 85.0. The number of anilines is 1. The quantitative estimate of drug-likeness (QED) is 0.378. The van der Waals surface area contributed by atoms with E-state index in [9.17, 15) is 31.1 Å². The minimum Gasteiger partial charge on any atom is -0.355 e. The predicted molar refractivity (Wildman–Crippen MR) is 126 cm³/mol. The fourth-order valence-electron chi connectivity index (χ4n) is 3.88. The first-order chi connectivity index (χ1) is 15.8. The molecule has 1 fully saturated rings. The summed E-state index contributed by atoms with van der Waals surface area (Å²) in [6, 6.07) is 6.75. The first-order valence-corrected chi connectivity index (χ1v) is 12.9. The van der Waals surface area contributed by atoms with Crippen molar-refractivity contribution >= 4 is 55.3 Å². The van der Waals surface area contributed by atoms with E-state index in [4.69, 9.17) is 0 Å². The van der Waals surface area contributed by atoms with Crippen LogP contribution >= 0.6 is 43.6 Å². The lowest BCUT2D eigenvalue weighted by Gasteiger charge is -2.33. The van der Waals surface area contributed by atoms with E-state index in [-0.39, 0.29) is 42.2 Å². The van der Waals surface area contributed by atoms with Gasteiger partial charge >= 0.3 is 12.4 Å². The van der Waals surface area contributed by atoms with Crippen molar-refractivity contribution in [2.75, 3.05) is 30.0 Å². The second-order valence-electron chi connectivity index (χ2n) is 7.79. The van der Waals surface area contributed by atoms with Crippen molar-refractivity contribution in [3.8, 4) is 0 Å². The van der Waals surface area contributed by atoms with Gasteiger partial charge in [-0.2, -0.15) is 38.1 Å². The number of hydrogen-bond donors (Lipinski definition) is 1. The lowest BCUT2D eigenvalue weighted by molar-refractivity contribution is -0.184. The Balaban J connectivity index is 1.95. The number of rotatable bonds is 6. The topological polar surface area (TPSA) is 45.2 Å². The van der Waals surface area contributed by atoms with Crippen LogP contribution in [0, 0.1) is 0 Å². The van der Waals surface area contributed by atoms with E-state index in [0.29, 0.717) is 8.95 Å². The summed E-state index contributed by atoms with van der Waals surface area (Å²) in [7, 11) is 0. The fraction of sp³-hybridized carbons (Fsp3) is 0.429. The third-order valence-electron chi connectivity index (χ3n) is 5.54. The molecule has 1 unspecified atom stereocenters. The third kappa shape index (κ3) is 5.84. The molecule has 0 aliphatic carbocycles. The molecule has 1 amide bonds. The van der Waals surface area contributed by atoms with Gasteiger partial charge < -0.3 is 10.2 Å². The van der Waals surface area contributed by atoms with Gasteiger partial charge in [0.2, 0.25) is 5.91 Å². The van der Waals surface area contributed by atoms with Gasteiger partial charge in [-0.3, -0.25) is 4.79 Å². The summed E-state index contributed by atoms with van der Waals surface area (Å²) in [6.45, 7) is -1.09. The Morgan fingerprint density at radius 3 is 2.35 bits per heavy atom. The van der Waals surface area contributed by atoms with Gasteiger partial charge in [-0.25, -0.2) is 4.98 Å². The molecular formula is C21H19Br2F6N3OS. The lowest BCUT2D eigenvalue weighted by Crippen LogP contribution is -2.45. The van der Waals surface area contributed by atoms with E-state index in [0.717, 1.165) is 6.07 Å². The van der Waals surface area contributed by atoms with Crippen LogP contribution in [0.4, 0.5) is 32.2 Å². The standard InChI is InChI=1S/C21H19Br2F6N3OS/c1-34-10-17(33)30-9-12-2-3-16(31-18(12)20(24,25)26)32-5-4-19(11-32,21(27,28)29)13-6-14(22)8-15(23)7-13/h2-3,6-8H,4-5,9-11H2,1H3,(H,30,33). The molecule has 1 saturated heterocycles. The highest BCUT2D eigenvalue weighted by Gasteiger charge is 2.59. The number of alkyl halides is 6. The SMILES string of the molecule is CSCC(=O)NCc1ccc(N2CCC(c3cc(Br)cc(Br)c3)(C(F)(F)F)C2)nc1C(F)(F)F. The number of thioether (sulfide) groups is 1. The summed E-state index contributed by atoms with van der Waals surface area (Å²) >= 11 is 7.63. The van der Waals surface area contributed by atoms with Gasteiger partial charge in [-0.05, 0) is 42.5 Å². The molecule has 34 heavy (non-hydrogen) atoms. The van der Waals surface area contributed by atoms with Crippen LogP contribution in [0.1, 0.15) is 23.2 Å². The minimum atomic E-state index is -4.84. The average molecular weight is 635 g/mol. The second-order valence-corrected chi connectivity index (χ2v) is 10.5. The van der Waals surface area contributed by atoms with Crippen molar-refractivity contribution in [3.63, 3.8) is 0 Å². The number of halogens is 8. The Kier molecular flexibility index (Phi) is 8.18. The van der Waals surface area contributed by atoms with Gasteiger partial charge in [-0.1, -0.05) is 37.9 Å². The van der Waals surface area contributed by atoms with Gasteiger partial charge in [0.1, 0.15) is 11.2 Å². The summed E-state index contributed by atoms with van der Waals surface area (Å²) in [6.07, 6.45) is -8.14. The number of carbonyl (C=O) groups is 1. The van der Waals surface area contributed by atoms with Gasteiger partial charge in [0, 0.05) is 34.1 Å². The van der Waals surface area contributed by atoms with Crippen molar-refractivity contribution < 1.29 is 31.1 Å². The zero-order valence-corrected chi connectivity index (χ0v) is 21.6. The monoisotopic (exact) mass is 633 g/mol. The van der Waals surface area contributed by atoms with Crippen molar-refractivity contribution in [2.24, 2.45) is 0 Å². The molecule has 2 aromatic rings. The zero-order chi connectivity index (χ0) is 25.3. The molecule has 1 aromatic heterocycles. The Bertz CT molecular complexity index is 1050. The maximum absolute atomic E-state index is 14.3. The van der Waals surface area contributed by atoms with Crippen LogP contribution in [0.25, 0.3) is 0 Å². The Hall–Kier alpha value is -1.47. The number of benzene rings is 1. The van der Waals surface area contributed by atoms with Crippen LogP contribution in [-0.4, -0.2) is 42.2 Å². The average Bonchev–Trinajstić information content (AvgIpc) is 3.18. The molecule has 1 aliphatic rings. The van der Waals surface area contributed by atoms with E-state index in [1.165, 1.54) is 34.9 Å². The molecule has 0 saturated carbocycles. The molecule has 1 aromatic carbocycles. The van der Waals surface area contributed by atoms with Gasteiger partial charge in [-0.15, -0.1) is 0 Å². The first-order valence-electron chi connectivity index (χ1n) is 9.88. The van der Waals surface area contributed by atoms with Crippen LogP contribution in [0.15, 0.2) is 39.3 Å². The summed E-state index contributed by atoms with van der Waals surface area (Å²) in [5.74, 6) is -0.544. The zero-order valence-electron chi connectivity index (χ0n) is 17.7. The lowest BCUT2D eigenvalue weighted by atomic mass is 9.79. The van der Waals surface area contributed by atoms with Crippen LogP contribution < -0.4 is 10.2 Å². The van der Waals surface area contributed by atoms with Crippen molar-refractivity contribution in [1.29, 1.82) is 0 Å². The van der Waals surface area contributed by atoms with Gasteiger partial charge in [0.05, 0.1) is 5.75 Å². The second kappa shape index (κ2) is 10.3. The highest BCUT2D eigenvalue weighted by Crippen LogP contribution is 2.49. The number of hydrogen-bond acceptors (Lipinski definition) is 4. The van der Waals surface area contributed by atoms with Crippen LogP contribution in [-0.2, 0) is 22.9 Å². The molecule has 1 N–H and O–H groups in total. The third-order valence-corrected chi connectivity index (χ3v) is 7.00. The predicted octanol–water partition coefficient (Wildman–Crippen LogP) is 6.32. The molecule has 186 valence electrons. The molecule has 0 spiro atoms. The van der Waals surface area contributed by atoms with Crippen molar-refractivity contribution in [3.05, 3.63) is 56.1 Å². The highest BCUT2D eigenvalue weighted by molar-refractivity contribution is 9.11. The van der Waals surface area contributed by atoms with E-state index in [2.05, 4.69) is 42.2 Å². The van der Waals surface area contributed by atoms with E-state index in [1.54, 1.807) is 12.3 Å². The van der Waals surface area contributed by atoms with Crippen LogP contribution in [0.5, 0.6) is 0 Å². The largest absolute Gasteiger partial charge is 0.433 e. The number of carbonyl (C=O) groups excluding carboxylic acids is 1. The Morgan fingerprint density at radius 2 is 1.79 bits per heavy atom. The maximum atomic E-state index is 14.3.